The van der Waals surface area contributed by atoms with Gasteiger partial charge in [0.2, 0.25) is 3.79 Å². The summed E-state index contributed by atoms with van der Waals surface area (Å²) in [7, 11) is 0. The Labute approximate surface area is 91.8 Å². The quantitative estimate of drug-likeness (QED) is 0.542. The van der Waals surface area contributed by atoms with Crippen LogP contribution in [-0.4, -0.2) is 33.4 Å². The zero-order valence-electron chi connectivity index (χ0n) is 6.97. The molecule has 0 unspecified atom stereocenters. The molecule has 0 aromatic heterocycles. The number of rotatable bonds is 1. The molecule has 1 saturated heterocycles. The van der Waals surface area contributed by atoms with Crippen LogP contribution < -0.4 is 0 Å². The molecule has 80 valence electrons. The first-order valence-corrected chi connectivity index (χ1v) is 4.99. The Bertz CT molecular complexity index is 266. The van der Waals surface area contributed by atoms with Gasteiger partial charge in [0, 0.05) is 29.1 Å². The van der Waals surface area contributed by atoms with E-state index >= 15 is 0 Å². The fourth-order valence-electron chi connectivity index (χ4n) is 1.41. The Hall–Kier alpha value is -0.340. The van der Waals surface area contributed by atoms with E-state index in [0.717, 1.165) is 0 Å². The average molecular weight is 321 g/mol. The van der Waals surface area contributed by atoms with E-state index in [2.05, 4.69) is 0 Å². The maximum absolute atomic E-state index is 12.0. The molecule has 1 aliphatic heterocycles. The zero-order chi connectivity index (χ0) is 10.9. The first-order chi connectivity index (χ1) is 6.34. The summed E-state index contributed by atoms with van der Waals surface area (Å²) in [6, 6.07) is -0.898. The second kappa shape index (κ2) is 4.03. The molecule has 0 radical (unpaired) electrons. The molecule has 1 heterocycles. The number of carbonyl (C=O) groups is 2. The van der Waals surface area contributed by atoms with Crippen molar-refractivity contribution in [2.75, 3.05) is 6.54 Å². The molecule has 0 spiro atoms. The fourth-order valence-corrected chi connectivity index (χ4v) is 2.06. The summed E-state index contributed by atoms with van der Waals surface area (Å²) in [5, 5.41) is 0. The number of nitrogens with zero attached hydrogens (tertiary/aromatic N) is 1. The van der Waals surface area contributed by atoms with Crippen LogP contribution in [0.25, 0.3) is 0 Å². The molecule has 7 heteroatoms. The Morgan fingerprint density at radius 1 is 1.36 bits per heavy atom. The lowest BCUT2D eigenvalue weighted by molar-refractivity contribution is -0.186. The van der Waals surface area contributed by atoms with Gasteiger partial charge in [0.05, 0.1) is 0 Å². The highest BCUT2D eigenvalue weighted by molar-refractivity contribution is 14.1. The van der Waals surface area contributed by atoms with Crippen LogP contribution in [0.1, 0.15) is 12.8 Å². The van der Waals surface area contributed by atoms with Crippen LogP contribution in [0.3, 0.4) is 0 Å². The SMILES string of the molecule is O=C(I)[C@@H]1CCCN1C(=O)C(F)(F)F. The van der Waals surface area contributed by atoms with Crippen molar-refractivity contribution >= 4 is 32.3 Å². The van der Waals surface area contributed by atoms with Gasteiger partial charge in [0.1, 0.15) is 6.04 Å². The molecular weight excluding hydrogens is 314 g/mol. The van der Waals surface area contributed by atoms with E-state index in [9.17, 15) is 22.8 Å². The first kappa shape index (κ1) is 11.7. The van der Waals surface area contributed by atoms with Gasteiger partial charge in [0.15, 0.2) is 0 Å². The normalized spacial score (nSPS) is 22.6. The Balaban J connectivity index is 2.77. The molecular formula is C7H7F3INO2. The van der Waals surface area contributed by atoms with Crippen LogP contribution >= 0.6 is 22.6 Å². The minimum Gasteiger partial charge on any atom is -0.324 e. The van der Waals surface area contributed by atoms with Gasteiger partial charge in [-0.15, -0.1) is 0 Å². The molecule has 0 aromatic rings. The molecule has 1 atom stereocenters. The molecule has 3 nitrogen and oxygen atoms in total. The summed E-state index contributed by atoms with van der Waals surface area (Å²) in [5.41, 5.74) is 0. The molecule has 0 aliphatic carbocycles. The van der Waals surface area contributed by atoms with E-state index in [0.29, 0.717) is 17.7 Å². The number of hydrogen-bond acceptors (Lipinski definition) is 2. The first-order valence-electron chi connectivity index (χ1n) is 3.91. The van der Waals surface area contributed by atoms with Crippen LogP contribution in [0, 0.1) is 0 Å². The molecule has 1 fully saturated rings. The maximum Gasteiger partial charge on any atom is 0.471 e. The van der Waals surface area contributed by atoms with E-state index in [1.54, 1.807) is 0 Å². The fraction of sp³-hybridized carbons (Fsp3) is 0.714. The summed E-state index contributed by atoms with van der Waals surface area (Å²) < 4.78 is 35.7. The molecule has 0 aromatic carbocycles. The second-order valence-electron chi connectivity index (χ2n) is 2.96. The van der Waals surface area contributed by atoms with Gasteiger partial charge < -0.3 is 4.90 Å². The van der Waals surface area contributed by atoms with Crippen molar-refractivity contribution in [2.24, 2.45) is 0 Å². The van der Waals surface area contributed by atoms with Gasteiger partial charge in [-0.2, -0.15) is 13.2 Å². The summed E-state index contributed by atoms with van der Waals surface area (Å²) in [6.07, 6.45) is -4.11. The van der Waals surface area contributed by atoms with Crippen molar-refractivity contribution in [3.8, 4) is 0 Å². The van der Waals surface area contributed by atoms with Crippen molar-refractivity contribution in [1.29, 1.82) is 0 Å². The Morgan fingerprint density at radius 3 is 2.36 bits per heavy atom. The van der Waals surface area contributed by atoms with E-state index < -0.39 is 21.9 Å². The Morgan fingerprint density at radius 2 is 1.93 bits per heavy atom. The number of hydrogen-bond donors (Lipinski definition) is 0. The molecule has 1 aliphatic rings. The lowest BCUT2D eigenvalue weighted by atomic mass is 10.2. The minimum atomic E-state index is -4.88. The lowest BCUT2D eigenvalue weighted by Gasteiger charge is -2.22. The van der Waals surface area contributed by atoms with E-state index in [-0.39, 0.29) is 6.54 Å². The van der Waals surface area contributed by atoms with E-state index in [1.165, 1.54) is 22.6 Å². The number of alkyl halides is 3. The molecule has 0 bridgehead atoms. The van der Waals surface area contributed by atoms with Gasteiger partial charge in [-0.25, -0.2) is 0 Å². The summed E-state index contributed by atoms with van der Waals surface area (Å²) in [5.74, 6) is -1.91. The van der Waals surface area contributed by atoms with Gasteiger partial charge >= 0.3 is 12.1 Å². The number of halogens is 4. The molecule has 0 N–H and O–H groups in total. The van der Waals surface area contributed by atoms with Crippen LogP contribution in [0.5, 0.6) is 0 Å². The van der Waals surface area contributed by atoms with Crippen LogP contribution in [0.15, 0.2) is 0 Å². The van der Waals surface area contributed by atoms with Crippen molar-refractivity contribution in [3.63, 3.8) is 0 Å². The monoisotopic (exact) mass is 321 g/mol. The van der Waals surface area contributed by atoms with Crippen LogP contribution in [0.2, 0.25) is 0 Å². The number of amides is 1. The molecule has 0 saturated carbocycles. The van der Waals surface area contributed by atoms with Crippen molar-refractivity contribution < 1.29 is 22.8 Å². The highest BCUT2D eigenvalue weighted by Crippen LogP contribution is 2.26. The van der Waals surface area contributed by atoms with Gasteiger partial charge in [0.25, 0.3) is 0 Å². The maximum atomic E-state index is 12.0. The van der Waals surface area contributed by atoms with Gasteiger partial charge in [-0.05, 0) is 12.8 Å². The predicted molar refractivity (Wildman–Crippen MR) is 49.8 cm³/mol. The highest BCUT2D eigenvalue weighted by Gasteiger charge is 2.47. The zero-order valence-corrected chi connectivity index (χ0v) is 9.13. The van der Waals surface area contributed by atoms with Crippen LogP contribution in [0.4, 0.5) is 13.2 Å². The predicted octanol–water partition coefficient (Wildman–Crippen LogP) is 1.50. The highest BCUT2D eigenvalue weighted by atomic mass is 127. The number of likely N-dealkylation sites (tertiary alicyclic amines) is 1. The number of carbonyl (C=O) groups excluding carboxylic acids is 2. The molecule has 1 amide bonds. The minimum absolute atomic E-state index is 0.0117. The van der Waals surface area contributed by atoms with Gasteiger partial charge in [-0.1, -0.05) is 0 Å². The third kappa shape index (κ3) is 2.37. The standard InChI is InChI=1S/C7H7F3INO2/c8-7(9,10)6(14)12-3-1-2-4(12)5(11)13/h4H,1-3H2/t4-/m0/s1. The molecule has 14 heavy (non-hydrogen) atoms. The van der Waals surface area contributed by atoms with E-state index in [1.807, 2.05) is 0 Å². The molecule has 1 rings (SSSR count). The van der Waals surface area contributed by atoms with Crippen molar-refractivity contribution in [2.45, 2.75) is 25.1 Å². The summed E-state index contributed by atoms with van der Waals surface area (Å²) in [6.45, 7) is 0.0117. The average Bonchev–Trinajstić information content (AvgIpc) is 2.48. The third-order valence-corrected chi connectivity index (χ3v) is 2.74. The van der Waals surface area contributed by atoms with Crippen LogP contribution in [-0.2, 0) is 9.59 Å². The summed E-state index contributed by atoms with van der Waals surface area (Å²) >= 11 is 1.42. The van der Waals surface area contributed by atoms with Crippen molar-refractivity contribution in [1.82, 2.24) is 4.90 Å². The Kier molecular flexibility index (Phi) is 3.38. The largest absolute Gasteiger partial charge is 0.471 e. The topological polar surface area (TPSA) is 37.4 Å². The smallest absolute Gasteiger partial charge is 0.324 e. The summed E-state index contributed by atoms with van der Waals surface area (Å²) in [4.78, 5) is 22.3. The second-order valence-corrected chi connectivity index (χ2v) is 4.02. The van der Waals surface area contributed by atoms with Crippen molar-refractivity contribution in [3.05, 3.63) is 0 Å². The van der Waals surface area contributed by atoms with E-state index in [4.69, 9.17) is 0 Å². The van der Waals surface area contributed by atoms with Gasteiger partial charge in [-0.3, -0.25) is 9.59 Å². The third-order valence-electron chi connectivity index (χ3n) is 2.02. The lowest BCUT2D eigenvalue weighted by Crippen LogP contribution is -2.45.